The first-order valence-electron chi connectivity index (χ1n) is 4.57. The predicted molar refractivity (Wildman–Crippen MR) is 76.9 cm³/mol. The van der Waals surface area contributed by atoms with E-state index >= 15 is 0 Å². The molecule has 0 bridgehead atoms. The van der Waals surface area contributed by atoms with Crippen molar-refractivity contribution < 1.29 is 13.6 Å². The highest BCUT2D eigenvalue weighted by Crippen LogP contribution is 2.60. The van der Waals surface area contributed by atoms with Crippen LogP contribution in [0.5, 0.6) is 0 Å². The highest BCUT2D eigenvalue weighted by Gasteiger charge is 2.30. The normalized spacial score (nSPS) is 12.9. The topological polar surface area (TPSA) is 35.5 Å². The first-order chi connectivity index (χ1) is 8.39. The molecule has 3 nitrogen and oxygen atoms in total. The predicted octanol–water partition coefficient (Wildman–Crippen LogP) is 5.67. The Bertz CT molecular complexity index is 522. The van der Waals surface area contributed by atoms with Gasteiger partial charge in [-0.25, -0.2) is 0 Å². The van der Waals surface area contributed by atoms with Crippen molar-refractivity contribution in [3.05, 3.63) is 38.3 Å². The Morgan fingerprint density at radius 3 is 2.06 bits per heavy atom. The molecule has 1 aromatic rings. The monoisotopic (exact) mass is 348 g/mol. The third-order valence-corrected chi connectivity index (χ3v) is 5.49. The van der Waals surface area contributed by atoms with E-state index in [1.54, 1.807) is 0 Å². The third-order valence-electron chi connectivity index (χ3n) is 2.17. The quantitative estimate of drug-likeness (QED) is 0.519. The summed E-state index contributed by atoms with van der Waals surface area (Å²) in [5.74, 6) is 0. The van der Waals surface area contributed by atoms with Gasteiger partial charge in [-0.2, -0.15) is 0 Å². The van der Waals surface area contributed by atoms with Gasteiger partial charge in [0.05, 0.1) is 20.4 Å². The van der Waals surface area contributed by atoms with Gasteiger partial charge in [-0.1, -0.05) is 46.4 Å². The van der Waals surface area contributed by atoms with E-state index in [1.807, 2.05) is 0 Å². The highest BCUT2D eigenvalue weighted by atomic mass is 35.5. The SMILES string of the molecule is COP(=O)(OC)C(=CCl)c1cc(Cl)c(Cl)cc1Cl. The van der Waals surface area contributed by atoms with Crippen LogP contribution in [0, 0.1) is 0 Å². The fourth-order valence-corrected chi connectivity index (χ4v) is 3.59. The van der Waals surface area contributed by atoms with E-state index in [1.165, 1.54) is 26.4 Å². The number of halogens is 4. The van der Waals surface area contributed by atoms with Crippen LogP contribution in [-0.2, 0) is 13.6 Å². The Kier molecular flexibility index (Phi) is 6.01. The van der Waals surface area contributed by atoms with E-state index in [-0.39, 0.29) is 20.4 Å². The third kappa shape index (κ3) is 3.23. The van der Waals surface area contributed by atoms with Gasteiger partial charge in [0.1, 0.15) is 0 Å². The van der Waals surface area contributed by atoms with E-state index < -0.39 is 7.60 Å². The average molecular weight is 350 g/mol. The fourth-order valence-electron chi connectivity index (χ4n) is 1.26. The Hall–Kier alpha value is 0.270. The Balaban J connectivity index is 3.45. The molecule has 0 saturated heterocycles. The summed E-state index contributed by atoms with van der Waals surface area (Å²) in [5, 5.41) is 0.887. The molecule has 18 heavy (non-hydrogen) atoms. The average Bonchev–Trinajstić information content (AvgIpc) is 2.35. The molecule has 0 aliphatic rings. The summed E-state index contributed by atoms with van der Waals surface area (Å²) >= 11 is 23.4. The van der Waals surface area contributed by atoms with Crippen LogP contribution in [0.25, 0.3) is 5.31 Å². The van der Waals surface area contributed by atoms with E-state index in [4.69, 9.17) is 55.5 Å². The second-order valence-electron chi connectivity index (χ2n) is 3.10. The molecule has 0 N–H and O–H groups in total. The summed E-state index contributed by atoms with van der Waals surface area (Å²) in [4.78, 5) is 0. The summed E-state index contributed by atoms with van der Waals surface area (Å²) in [6, 6.07) is 2.88. The molecule has 8 heteroatoms. The standard InChI is InChI=1S/C10H9Cl4O3P/c1-16-18(15,17-2)10(5-11)6-3-8(13)9(14)4-7(6)12/h3-5H,1-2H3. The van der Waals surface area contributed by atoms with Crippen molar-refractivity contribution in [1.29, 1.82) is 0 Å². The lowest BCUT2D eigenvalue weighted by Gasteiger charge is -2.18. The Morgan fingerprint density at radius 2 is 1.61 bits per heavy atom. The summed E-state index contributed by atoms with van der Waals surface area (Å²) in [6.07, 6.45) is 0. The van der Waals surface area contributed by atoms with Gasteiger partial charge in [-0.3, -0.25) is 4.57 Å². The summed E-state index contributed by atoms with van der Waals surface area (Å²) in [5.41, 5.74) is 1.42. The van der Waals surface area contributed by atoms with Crippen molar-refractivity contribution in [3.8, 4) is 0 Å². The van der Waals surface area contributed by atoms with E-state index in [0.29, 0.717) is 5.56 Å². The first-order valence-corrected chi connectivity index (χ1v) is 7.68. The molecule has 0 aliphatic carbocycles. The van der Waals surface area contributed by atoms with Gasteiger partial charge < -0.3 is 9.05 Å². The molecule has 0 aliphatic heterocycles. The van der Waals surface area contributed by atoms with Gasteiger partial charge in [0.15, 0.2) is 0 Å². The van der Waals surface area contributed by atoms with Crippen LogP contribution in [0.15, 0.2) is 17.7 Å². The second kappa shape index (κ2) is 6.62. The van der Waals surface area contributed by atoms with Crippen molar-refractivity contribution in [2.75, 3.05) is 14.2 Å². The van der Waals surface area contributed by atoms with Crippen molar-refractivity contribution in [3.63, 3.8) is 0 Å². The van der Waals surface area contributed by atoms with Gasteiger partial charge >= 0.3 is 7.60 Å². The van der Waals surface area contributed by atoms with Crippen LogP contribution < -0.4 is 0 Å². The van der Waals surface area contributed by atoms with Crippen LogP contribution >= 0.6 is 54.0 Å². The van der Waals surface area contributed by atoms with Crippen LogP contribution in [0.2, 0.25) is 15.1 Å². The lowest BCUT2D eigenvalue weighted by atomic mass is 10.2. The van der Waals surface area contributed by atoms with E-state index in [0.717, 1.165) is 5.54 Å². The van der Waals surface area contributed by atoms with Crippen molar-refractivity contribution in [2.45, 2.75) is 0 Å². The smallest absolute Gasteiger partial charge is 0.309 e. The van der Waals surface area contributed by atoms with Crippen molar-refractivity contribution in [2.24, 2.45) is 0 Å². The minimum Gasteiger partial charge on any atom is -0.309 e. The molecular weight excluding hydrogens is 341 g/mol. The number of benzene rings is 1. The zero-order valence-corrected chi connectivity index (χ0v) is 13.3. The van der Waals surface area contributed by atoms with E-state index in [2.05, 4.69) is 0 Å². The molecule has 0 spiro atoms. The molecule has 1 aromatic carbocycles. The minimum atomic E-state index is -3.53. The molecule has 0 amide bonds. The molecule has 100 valence electrons. The maximum Gasteiger partial charge on any atom is 0.362 e. The first kappa shape index (κ1) is 16.3. The zero-order valence-electron chi connectivity index (χ0n) is 9.42. The lowest BCUT2D eigenvalue weighted by Crippen LogP contribution is -1.94. The van der Waals surface area contributed by atoms with Gasteiger partial charge in [-0.15, -0.1) is 0 Å². The number of hydrogen-bond donors (Lipinski definition) is 0. The van der Waals surface area contributed by atoms with Gasteiger partial charge in [0.25, 0.3) is 0 Å². The molecular formula is C10H9Cl4O3P. The van der Waals surface area contributed by atoms with E-state index in [9.17, 15) is 4.57 Å². The van der Waals surface area contributed by atoms with Gasteiger partial charge in [-0.05, 0) is 12.1 Å². The Labute approximate surface area is 125 Å². The van der Waals surface area contributed by atoms with Crippen molar-refractivity contribution >= 4 is 59.3 Å². The largest absolute Gasteiger partial charge is 0.362 e. The molecule has 0 aromatic heterocycles. The zero-order chi connectivity index (χ0) is 13.9. The lowest BCUT2D eigenvalue weighted by molar-refractivity contribution is 0.288. The second-order valence-corrected chi connectivity index (χ2v) is 6.75. The molecule has 1 rings (SSSR count). The summed E-state index contributed by atoms with van der Waals surface area (Å²) in [7, 11) is -1.04. The van der Waals surface area contributed by atoms with Crippen LogP contribution in [0.1, 0.15) is 5.56 Å². The fraction of sp³-hybridized carbons (Fsp3) is 0.200. The van der Waals surface area contributed by atoms with Crippen molar-refractivity contribution in [1.82, 2.24) is 0 Å². The molecule has 0 radical (unpaired) electrons. The molecule has 0 saturated carbocycles. The number of hydrogen-bond acceptors (Lipinski definition) is 3. The molecule has 0 heterocycles. The maximum atomic E-state index is 12.3. The number of rotatable bonds is 4. The molecule has 0 atom stereocenters. The van der Waals surface area contributed by atoms with Gasteiger partial charge in [0, 0.05) is 25.3 Å². The molecule has 0 unspecified atom stereocenters. The van der Waals surface area contributed by atoms with Crippen LogP contribution in [-0.4, -0.2) is 14.2 Å². The van der Waals surface area contributed by atoms with Crippen LogP contribution in [0.3, 0.4) is 0 Å². The Morgan fingerprint density at radius 1 is 1.11 bits per heavy atom. The summed E-state index contributed by atoms with van der Waals surface area (Å²) in [6.45, 7) is 0. The highest BCUT2D eigenvalue weighted by molar-refractivity contribution is 7.65. The summed E-state index contributed by atoms with van der Waals surface area (Å²) < 4.78 is 22.0. The van der Waals surface area contributed by atoms with Gasteiger partial charge in [0.2, 0.25) is 0 Å². The molecule has 0 fully saturated rings. The minimum absolute atomic E-state index is 0.109. The van der Waals surface area contributed by atoms with Crippen LogP contribution in [0.4, 0.5) is 0 Å². The maximum absolute atomic E-state index is 12.3.